The first-order valence-electron chi connectivity index (χ1n) is 7.27. The second-order valence-electron chi connectivity index (χ2n) is 5.21. The smallest absolute Gasteiger partial charge is 0.265 e. The fraction of sp³-hybridized carbons (Fsp3) is 0.400. The third-order valence-electron chi connectivity index (χ3n) is 2.91. The molecule has 0 aliphatic carbocycles. The third-order valence-corrected chi connectivity index (χ3v) is 4.26. The molecule has 0 bridgehead atoms. The molecule has 0 saturated carbocycles. The van der Waals surface area contributed by atoms with E-state index in [1.807, 2.05) is 19.9 Å². The van der Waals surface area contributed by atoms with Crippen LogP contribution in [0.3, 0.4) is 0 Å². The molecule has 23 heavy (non-hydrogen) atoms. The molecular formula is C15H21N3O4S. The third kappa shape index (κ3) is 5.66. The molecule has 1 aromatic carbocycles. The quantitative estimate of drug-likeness (QED) is 0.683. The summed E-state index contributed by atoms with van der Waals surface area (Å²) in [6.45, 7) is 5.35. The highest BCUT2D eigenvalue weighted by Gasteiger charge is 2.15. The molecule has 2 rings (SSSR count). The van der Waals surface area contributed by atoms with Gasteiger partial charge in [0.1, 0.15) is 4.90 Å². The van der Waals surface area contributed by atoms with Crippen molar-refractivity contribution in [2.45, 2.75) is 31.5 Å². The zero-order valence-electron chi connectivity index (χ0n) is 13.2. The molecule has 1 aromatic heterocycles. The topological polar surface area (TPSA) is 93.3 Å². The van der Waals surface area contributed by atoms with E-state index in [0.29, 0.717) is 25.5 Å². The van der Waals surface area contributed by atoms with Gasteiger partial charge in [0.2, 0.25) is 0 Å². The molecule has 7 nitrogen and oxygen atoms in total. The van der Waals surface area contributed by atoms with Crippen molar-refractivity contribution in [1.82, 2.24) is 10.2 Å². The normalized spacial score (nSPS) is 11.8. The zero-order valence-corrected chi connectivity index (χ0v) is 14.0. The van der Waals surface area contributed by atoms with E-state index in [0.717, 1.165) is 5.56 Å². The molecule has 126 valence electrons. The maximum Gasteiger partial charge on any atom is 0.265 e. The molecule has 0 aliphatic rings. The van der Waals surface area contributed by atoms with E-state index in [1.165, 1.54) is 12.4 Å². The lowest BCUT2D eigenvalue weighted by molar-refractivity contribution is 0.0143. The highest BCUT2D eigenvalue weighted by Crippen LogP contribution is 2.16. The Morgan fingerprint density at radius 2 is 2.13 bits per heavy atom. The molecule has 0 amide bonds. The molecule has 0 spiro atoms. The van der Waals surface area contributed by atoms with Crippen LogP contribution < -0.4 is 4.72 Å². The minimum Gasteiger partial charge on any atom is -0.376 e. The Morgan fingerprint density at radius 1 is 1.30 bits per heavy atom. The second-order valence-corrected chi connectivity index (χ2v) is 6.89. The lowest BCUT2D eigenvalue weighted by atomic mass is 10.2. The van der Waals surface area contributed by atoms with Crippen molar-refractivity contribution in [2.75, 3.05) is 17.9 Å². The molecule has 2 N–H and O–H groups in total. The van der Waals surface area contributed by atoms with Gasteiger partial charge < -0.3 is 9.47 Å². The maximum absolute atomic E-state index is 12.1. The number of aromatic amines is 1. The summed E-state index contributed by atoms with van der Waals surface area (Å²) in [5.74, 6) is 0. The van der Waals surface area contributed by atoms with Gasteiger partial charge in [-0.05, 0) is 31.5 Å². The van der Waals surface area contributed by atoms with Gasteiger partial charge in [-0.15, -0.1) is 0 Å². The van der Waals surface area contributed by atoms with Crippen LogP contribution in [0, 0.1) is 0 Å². The summed E-state index contributed by atoms with van der Waals surface area (Å²) >= 11 is 0. The number of H-pyrrole nitrogens is 1. The van der Waals surface area contributed by atoms with Gasteiger partial charge in [0.25, 0.3) is 10.0 Å². The molecule has 2 aromatic rings. The molecule has 0 aliphatic heterocycles. The van der Waals surface area contributed by atoms with E-state index in [9.17, 15) is 8.42 Å². The first kappa shape index (κ1) is 17.5. The number of nitrogens with zero attached hydrogens (tertiary/aromatic N) is 1. The number of hydrogen-bond donors (Lipinski definition) is 2. The summed E-state index contributed by atoms with van der Waals surface area (Å²) in [5, 5.41) is 6.12. The minimum absolute atomic E-state index is 0.0880. The largest absolute Gasteiger partial charge is 0.376 e. The minimum atomic E-state index is -3.63. The number of rotatable bonds is 9. The Bertz CT molecular complexity index is 699. The van der Waals surface area contributed by atoms with E-state index in [2.05, 4.69) is 14.9 Å². The van der Waals surface area contributed by atoms with Crippen LogP contribution in [0.5, 0.6) is 0 Å². The number of hydrogen-bond acceptors (Lipinski definition) is 5. The second kappa shape index (κ2) is 8.09. The van der Waals surface area contributed by atoms with Crippen LogP contribution in [0.2, 0.25) is 0 Å². The molecule has 0 saturated heterocycles. The Balaban J connectivity index is 1.90. The van der Waals surface area contributed by atoms with Gasteiger partial charge in [0.05, 0.1) is 32.1 Å². The fourth-order valence-corrected chi connectivity index (χ4v) is 2.81. The van der Waals surface area contributed by atoms with E-state index in [4.69, 9.17) is 9.47 Å². The molecule has 0 radical (unpaired) electrons. The van der Waals surface area contributed by atoms with Crippen molar-refractivity contribution in [1.29, 1.82) is 0 Å². The van der Waals surface area contributed by atoms with Crippen LogP contribution in [0.1, 0.15) is 19.4 Å². The first-order valence-corrected chi connectivity index (χ1v) is 8.75. The van der Waals surface area contributed by atoms with Crippen molar-refractivity contribution in [2.24, 2.45) is 0 Å². The molecule has 8 heteroatoms. The number of benzene rings is 1. The maximum atomic E-state index is 12.1. The average Bonchev–Trinajstić information content (AvgIpc) is 3.01. The fourth-order valence-electron chi connectivity index (χ4n) is 1.86. The molecule has 0 fully saturated rings. The van der Waals surface area contributed by atoms with Crippen LogP contribution in [0.25, 0.3) is 0 Å². The van der Waals surface area contributed by atoms with Crippen LogP contribution in [-0.4, -0.2) is 37.9 Å². The van der Waals surface area contributed by atoms with E-state index in [1.54, 1.807) is 18.2 Å². The number of ether oxygens (including phenoxy) is 2. The van der Waals surface area contributed by atoms with Crippen molar-refractivity contribution in [3.8, 4) is 0 Å². The summed E-state index contributed by atoms with van der Waals surface area (Å²) in [4.78, 5) is 0.0880. The van der Waals surface area contributed by atoms with Crippen molar-refractivity contribution >= 4 is 15.7 Å². The average molecular weight is 339 g/mol. The van der Waals surface area contributed by atoms with Crippen LogP contribution >= 0.6 is 0 Å². The predicted octanol–water partition coefficient (Wildman–Crippen LogP) is 2.15. The number of aromatic nitrogens is 2. The zero-order chi connectivity index (χ0) is 16.7. The van der Waals surface area contributed by atoms with Crippen molar-refractivity contribution < 1.29 is 17.9 Å². The first-order chi connectivity index (χ1) is 11.0. The number of anilines is 1. The summed E-state index contributed by atoms with van der Waals surface area (Å²) in [6.07, 6.45) is 2.76. The van der Waals surface area contributed by atoms with E-state index >= 15 is 0 Å². The standard InChI is InChI=1S/C15H21N3O4S/c1-12(2)22-7-6-21-11-13-4-3-5-14(8-13)18-23(19,20)15-9-16-17-10-15/h3-5,8-10,12,18H,6-7,11H2,1-2H3,(H,16,17). The number of nitrogens with one attached hydrogen (secondary N) is 2. The van der Waals surface area contributed by atoms with Gasteiger partial charge in [-0.3, -0.25) is 9.82 Å². The lowest BCUT2D eigenvalue weighted by Crippen LogP contribution is -2.12. The van der Waals surface area contributed by atoms with Gasteiger partial charge in [-0.1, -0.05) is 12.1 Å². The summed E-state index contributed by atoms with van der Waals surface area (Å²) < 4.78 is 37.6. The molecule has 0 unspecified atom stereocenters. The van der Waals surface area contributed by atoms with Gasteiger partial charge in [0.15, 0.2) is 0 Å². The molecular weight excluding hydrogens is 318 g/mol. The Labute approximate surface area is 136 Å². The van der Waals surface area contributed by atoms with Crippen LogP contribution in [0.4, 0.5) is 5.69 Å². The summed E-state index contributed by atoms with van der Waals surface area (Å²) in [5.41, 5.74) is 1.35. The van der Waals surface area contributed by atoms with Gasteiger partial charge >= 0.3 is 0 Å². The highest BCUT2D eigenvalue weighted by molar-refractivity contribution is 7.92. The number of sulfonamides is 1. The van der Waals surface area contributed by atoms with Gasteiger partial charge in [-0.25, -0.2) is 8.42 Å². The summed E-state index contributed by atoms with van der Waals surface area (Å²) in [7, 11) is -3.63. The van der Waals surface area contributed by atoms with E-state index in [-0.39, 0.29) is 11.0 Å². The van der Waals surface area contributed by atoms with Crippen LogP contribution in [0.15, 0.2) is 41.6 Å². The van der Waals surface area contributed by atoms with E-state index < -0.39 is 10.0 Å². The predicted molar refractivity (Wildman–Crippen MR) is 86.6 cm³/mol. The van der Waals surface area contributed by atoms with Gasteiger partial charge in [0, 0.05) is 11.9 Å². The lowest BCUT2D eigenvalue weighted by Gasteiger charge is -2.10. The van der Waals surface area contributed by atoms with Crippen molar-refractivity contribution in [3.63, 3.8) is 0 Å². The highest BCUT2D eigenvalue weighted by atomic mass is 32.2. The van der Waals surface area contributed by atoms with Crippen molar-refractivity contribution in [3.05, 3.63) is 42.2 Å². The van der Waals surface area contributed by atoms with Gasteiger partial charge in [-0.2, -0.15) is 5.10 Å². The van der Waals surface area contributed by atoms with Crippen LogP contribution in [-0.2, 0) is 26.1 Å². The molecule has 1 heterocycles. The Kier molecular flexibility index (Phi) is 6.14. The SMILES string of the molecule is CC(C)OCCOCc1cccc(NS(=O)(=O)c2cn[nH]c2)c1. The Hall–Kier alpha value is -1.90. The molecule has 0 atom stereocenters. The summed E-state index contributed by atoms with van der Waals surface area (Å²) in [6, 6.07) is 7.07. The Morgan fingerprint density at radius 3 is 2.83 bits per heavy atom. The monoisotopic (exact) mass is 339 g/mol.